The molecule has 3 aromatic rings. The molecule has 0 fully saturated rings. The van der Waals surface area contributed by atoms with Gasteiger partial charge in [0.15, 0.2) is 5.65 Å². The van der Waals surface area contributed by atoms with Crippen LogP contribution in [0.4, 0.5) is 0 Å². The Morgan fingerprint density at radius 1 is 1.26 bits per heavy atom. The zero-order chi connectivity index (χ0) is 13.2. The number of nitrogens with one attached hydrogen (secondary N) is 1. The molecule has 0 saturated carbocycles. The van der Waals surface area contributed by atoms with Crippen LogP contribution < -0.4 is 0 Å². The van der Waals surface area contributed by atoms with E-state index in [2.05, 4.69) is 30.9 Å². The molecular weight excluding hydrogens is 306 g/mol. The number of H-pyrrole nitrogens is 1. The van der Waals surface area contributed by atoms with Crippen molar-refractivity contribution in [3.05, 3.63) is 58.5 Å². The molecule has 3 rings (SSSR count). The van der Waals surface area contributed by atoms with Crippen LogP contribution in [0, 0.1) is 0 Å². The van der Waals surface area contributed by atoms with Crippen LogP contribution in [0.25, 0.3) is 11.2 Å². The van der Waals surface area contributed by atoms with Crippen molar-refractivity contribution in [2.24, 2.45) is 0 Å². The zero-order valence-electron chi connectivity index (χ0n) is 10.3. The van der Waals surface area contributed by atoms with Gasteiger partial charge in [0, 0.05) is 17.8 Å². The average molecular weight is 318 g/mol. The normalized spacial score (nSPS) is 12.7. The van der Waals surface area contributed by atoms with Gasteiger partial charge >= 0.3 is 0 Å². The molecule has 0 saturated heterocycles. The van der Waals surface area contributed by atoms with Crippen LogP contribution in [0.1, 0.15) is 17.5 Å². The van der Waals surface area contributed by atoms with E-state index in [4.69, 9.17) is 4.74 Å². The minimum atomic E-state index is -0.214. The van der Waals surface area contributed by atoms with Crippen LogP contribution in [0.2, 0.25) is 0 Å². The molecule has 1 aromatic carbocycles. The van der Waals surface area contributed by atoms with Crippen molar-refractivity contribution < 1.29 is 4.74 Å². The second-order valence-electron chi connectivity index (χ2n) is 4.17. The van der Waals surface area contributed by atoms with E-state index in [9.17, 15) is 0 Å². The van der Waals surface area contributed by atoms with E-state index in [1.165, 1.54) is 0 Å². The maximum absolute atomic E-state index is 5.55. The van der Waals surface area contributed by atoms with E-state index >= 15 is 0 Å². The Morgan fingerprint density at radius 2 is 2.05 bits per heavy atom. The average Bonchev–Trinajstić information content (AvgIpc) is 2.83. The monoisotopic (exact) mass is 317 g/mol. The summed E-state index contributed by atoms with van der Waals surface area (Å²) < 4.78 is 6.47. The Bertz CT molecular complexity index is 696. The van der Waals surface area contributed by atoms with Crippen molar-refractivity contribution in [1.29, 1.82) is 0 Å². The van der Waals surface area contributed by atoms with Gasteiger partial charge < -0.3 is 9.72 Å². The molecular formula is C14H12BrN3O. The smallest absolute Gasteiger partial charge is 0.177 e. The van der Waals surface area contributed by atoms with Gasteiger partial charge in [0.25, 0.3) is 0 Å². The highest BCUT2D eigenvalue weighted by atomic mass is 79.9. The Balaban J connectivity index is 2.07. The van der Waals surface area contributed by atoms with E-state index < -0.39 is 0 Å². The minimum absolute atomic E-state index is 0.214. The standard InChI is InChI=1S/C14H12BrN3O/c1-19-12(9-5-3-2-4-6-9)14-17-11-7-10(15)8-16-13(11)18-14/h2-8,12H,1H3,(H,16,17,18). The van der Waals surface area contributed by atoms with E-state index in [1.807, 2.05) is 36.4 Å². The maximum Gasteiger partial charge on any atom is 0.177 e. The first-order chi connectivity index (χ1) is 9.28. The number of nitrogens with zero attached hydrogens (tertiary/aromatic N) is 2. The van der Waals surface area contributed by atoms with E-state index in [-0.39, 0.29) is 6.10 Å². The van der Waals surface area contributed by atoms with Gasteiger partial charge in [-0.05, 0) is 27.6 Å². The van der Waals surface area contributed by atoms with Gasteiger partial charge in [-0.25, -0.2) is 9.97 Å². The fraction of sp³-hybridized carbons (Fsp3) is 0.143. The molecule has 0 radical (unpaired) electrons. The molecule has 2 heterocycles. The number of fused-ring (bicyclic) bond motifs is 1. The molecule has 0 spiro atoms. The van der Waals surface area contributed by atoms with Crippen molar-refractivity contribution in [3.63, 3.8) is 0 Å². The highest BCUT2D eigenvalue weighted by molar-refractivity contribution is 9.10. The van der Waals surface area contributed by atoms with Crippen molar-refractivity contribution >= 4 is 27.1 Å². The van der Waals surface area contributed by atoms with E-state index in [0.717, 1.165) is 21.4 Å². The number of benzene rings is 1. The van der Waals surface area contributed by atoms with E-state index in [0.29, 0.717) is 5.65 Å². The molecule has 5 heteroatoms. The highest BCUT2D eigenvalue weighted by Crippen LogP contribution is 2.25. The quantitative estimate of drug-likeness (QED) is 0.804. The lowest BCUT2D eigenvalue weighted by Crippen LogP contribution is -2.05. The number of hydrogen-bond donors (Lipinski definition) is 1. The lowest BCUT2D eigenvalue weighted by Gasteiger charge is -2.12. The summed E-state index contributed by atoms with van der Waals surface area (Å²) in [6.45, 7) is 0. The summed E-state index contributed by atoms with van der Waals surface area (Å²) in [4.78, 5) is 12.0. The molecule has 0 bridgehead atoms. The Kier molecular flexibility index (Phi) is 3.31. The number of ether oxygens (including phenoxy) is 1. The number of pyridine rings is 1. The third kappa shape index (κ3) is 2.39. The third-order valence-electron chi connectivity index (χ3n) is 2.91. The van der Waals surface area contributed by atoms with Crippen LogP contribution in [0.3, 0.4) is 0 Å². The van der Waals surface area contributed by atoms with Gasteiger partial charge in [0.05, 0.1) is 5.52 Å². The molecule has 96 valence electrons. The molecule has 0 amide bonds. The molecule has 0 aliphatic carbocycles. The predicted octanol–water partition coefficient (Wildman–Crippen LogP) is 3.46. The fourth-order valence-corrected chi connectivity index (χ4v) is 2.38. The van der Waals surface area contributed by atoms with E-state index in [1.54, 1.807) is 13.3 Å². The molecule has 1 N–H and O–H groups in total. The largest absolute Gasteiger partial charge is 0.369 e. The topological polar surface area (TPSA) is 50.8 Å². The number of aromatic amines is 1. The molecule has 0 aliphatic heterocycles. The summed E-state index contributed by atoms with van der Waals surface area (Å²) in [5, 5.41) is 0. The maximum atomic E-state index is 5.55. The van der Waals surface area contributed by atoms with Crippen LogP contribution in [0.5, 0.6) is 0 Å². The SMILES string of the molecule is COC(c1ccccc1)c1nc2ncc(Br)cc2[nH]1. The zero-order valence-corrected chi connectivity index (χ0v) is 11.9. The van der Waals surface area contributed by atoms with Crippen molar-refractivity contribution in [1.82, 2.24) is 15.0 Å². The number of hydrogen-bond acceptors (Lipinski definition) is 3. The van der Waals surface area contributed by atoms with Gasteiger partial charge in [-0.3, -0.25) is 0 Å². The Hall–Kier alpha value is -1.72. The summed E-state index contributed by atoms with van der Waals surface area (Å²) in [5.74, 6) is 0.759. The van der Waals surface area contributed by atoms with Gasteiger partial charge in [0.1, 0.15) is 11.9 Å². The second-order valence-corrected chi connectivity index (χ2v) is 5.09. The molecule has 1 unspecified atom stereocenters. The van der Waals surface area contributed by atoms with Crippen molar-refractivity contribution in [2.45, 2.75) is 6.10 Å². The first-order valence-electron chi connectivity index (χ1n) is 5.87. The summed E-state index contributed by atoms with van der Waals surface area (Å²) in [6, 6.07) is 11.9. The van der Waals surface area contributed by atoms with Gasteiger partial charge in [-0.1, -0.05) is 30.3 Å². The first kappa shape index (κ1) is 12.3. The summed E-state index contributed by atoms with van der Waals surface area (Å²) in [6.07, 6.45) is 1.52. The first-order valence-corrected chi connectivity index (χ1v) is 6.66. The number of halogens is 1. The molecule has 19 heavy (non-hydrogen) atoms. The fourth-order valence-electron chi connectivity index (χ4n) is 2.05. The van der Waals surface area contributed by atoms with Gasteiger partial charge in [0.2, 0.25) is 0 Å². The molecule has 1 atom stereocenters. The predicted molar refractivity (Wildman–Crippen MR) is 76.9 cm³/mol. The van der Waals surface area contributed by atoms with Crippen molar-refractivity contribution in [3.8, 4) is 0 Å². The van der Waals surface area contributed by atoms with Gasteiger partial charge in [-0.15, -0.1) is 0 Å². The highest BCUT2D eigenvalue weighted by Gasteiger charge is 2.17. The van der Waals surface area contributed by atoms with Crippen LogP contribution in [0.15, 0.2) is 47.1 Å². The minimum Gasteiger partial charge on any atom is -0.369 e. The van der Waals surface area contributed by atoms with Crippen LogP contribution in [-0.4, -0.2) is 22.1 Å². The molecule has 0 aliphatic rings. The number of methoxy groups -OCH3 is 1. The lowest BCUT2D eigenvalue weighted by atomic mass is 10.1. The van der Waals surface area contributed by atoms with Gasteiger partial charge in [-0.2, -0.15) is 0 Å². The summed E-state index contributed by atoms with van der Waals surface area (Å²) in [5.41, 5.74) is 2.64. The Morgan fingerprint density at radius 3 is 2.79 bits per heavy atom. The van der Waals surface area contributed by atoms with Crippen LogP contribution >= 0.6 is 15.9 Å². The molecule has 2 aromatic heterocycles. The number of rotatable bonds is 3. The van der Waals surface area contributed by atoms with Crippen molar-refractivity contribution in [2.75, 3.05) is 7.11 Å². The number of aromatic nitrogens is 3. The Labute approximate surface area is 119 Å². The van der Waals surface area contributed by atoms with Crippen LogP contribution in [-0.2, 0) is 4.74 Å². The summed E-state index contributed by atoms with van der Waals surface area (Å²) in [7, 11) is 1.67. The number of imidazole rings is 1. The lowest BCUT2D eigenvalue weighted by molar-refractivity contribution is 0.130. The molecule has 4 nitrogen and oxygen atoms in total. The second kappa shape index (κ2) is 5.11. The third-order valence-corrected chi connectivity index (χ3v) is 3.34. The summed E-state index contributed by atoms with van der Waals surface area (Å²) >= 11 is 3.40.